The summed E-state index contributed by atoms with van der Waals surface area (Å²) in [7, 11) is 3.41. The van der Waals surface area contributed by atoms with Gasteiger partial charge in [-0.15, -0.1) is 6.58 Å². The Morgan fingerprint density at radius 2 is 2.33 bits per heavy atom. The Kier molecular flexibility index (Phi) is 5.85. The Labute approximate surface area is 109 Å². The van der Waals surface area contributed by atoms with Crippen LogP contribution in [0.25, 0.3) is 0 Å². The van der Waals surface area contributed by atoms with E-state index >= 15 is 0 Å². The lowest BCUT2D eigenvalue weighted by Gasteiger charge is -2.33. The van der Waals surface area contributed by atoms with E-state index in [0.717, 1.165) is 32.5 Å². The van der Waals surface area contributed by atoms with Gasteiger partial charge in [-0.2, -0.15) is 0 Å². The van der Waals surface area contributed by atoms with E-state index in [1.807, 2.05) is 11.0 Å². The maximum absolute atomic E-state index is 12.1. The van der Waals surface area contributed by atoms with Gasteiger partial charge in [-0.1, -0.05) is 6.08 Å². The number of carbonyl (C=O) groups excluding carboxylic acids is 2. The first-order chi connectivity index (χ1) is 8.56. The predicted octanol–water partition coefficient (Wildman–Crippen LogP) is 0.231. The van der Waals surface area contributed by atoms with Crippen LogP contribution in [0.5, 0.6) is 0 Å². The fourth-order valence-electron chi connectivity index (χ4n) is 1.96. The minimum absolute atomic E-state index is 0.0196. The summed E-state index contributed by atoms with van der Waals surface area (Å²) in [6, 6.07) is -0.364. The van der Waals surface area contributed by atoms with Crippen LogP contribution in [0.2, 0.25) is 0 Å². The van der Waals surface area contributed by atoms with Crippen molar-refractivity contribution in [1.82, 2.24) is 15.1 Å². The highest BCUT2D eigenvalue weighted by molar-refractivity contribution is 5.88. The molecule has 0 aromatic carbocycles. The van der Waals surface area contributed by atoms with Gasteiger partial charge in [-0.3, -0.25) is 9.59 Å². The van der Waals surface area contributed by atoms with E-state index in [2.05, 4.69) is 11.9 Å². The second-order valence-corrected chi connectivity index (χ2v) is 4.76. The molecule has 5 heteroatoms. The molecular weight excluding hydrogens is 230 g/mol. The highest BCUT2D eigenvalue weighted by Crippen LogP contribution is 2.08. The number of hydrogen-bond acceptors (Lipinski definition) is 3. The third-order valence-corrected chi connectivity index (χ3v) is 3.10. The van der Waals surface area contributed by atoms with Crippen LogP contribution in [0, 0.1) is 0 Å². The summed E-state index contributed by atoms with van der Waals surface area (Å²) in [5.41, 5.74) is 0. The van der Waals surface area contributed by atoms with Crippen molar-refractivity contribution in [2.75, 3.05) is 33.7 Å². The molecule has 0 aromatic heterocycles. The molecule has 18 heavy (non-hydrogen) atoms. The highest BCUT2D eigenvalue weighted by atomic mass is 16.2. The largest absolute Gasteiger partial charge is 0.349 e. The van der Waals surface area contributed by atoms with Crippen LogP contribution >= 0.6 is 0 Å². The summed E-state index contributed by atoms with van der Waals surface area (Å²) in [5.74, 6) is 0.0225. The number of carbonyl (C=O) groups is 2. The first kappa shape index (κ1) is 14.7. The molecule has 1 atom stereocenters. The van der Waals surface area contributed by atoms with E-state index in [1.165, 1.54) is 4.90 Å². The van der Waals surface area contributed by atoms with E-state index in [4.69, 9.17) is 0 Å². The lowest BCUT2D eigenvalue weighted by atomic mass is 10.1. The van der Waals surface area contributed by atoms with Gasteiger partial charge in [0.05, 0.1) is 12.5 Å². The molecular formula is C13H23N3O2. The van der Waals surface area contributed by atoms with Crippen LogP contribution in [0.15, 0.2) is 12.7 Å². The third kappa shape index (κ3) is 4.14. The SMILES string of the molecule is C=CCCCN1CCNC(CC(=O)N(C)C)C1=O. The lowest BCUT2D eigenvalue weighted by Crippen LogP contribution is -2.56. The van der Waals surface area contributed by atoms with Crippen molar-refractivity contribution in [2.45, 2.75) is 25.3 Å². The fraction of sp³-hybridized carbons (Fsp3) is 0.692. The van der Waals surface area contributed by atoms with E-state index in [0.29, 0.717) is 0 Å². The number of nitrogens with zero attached hydrogens (tertiary/aromatic N) is 2. The molecule has 1 aliphatic rings. The smallest absolute Gasteiger partial charge is 0.240 e. The maximum atomic E-state index is 12.1. The average Bonchev–Trinajstić information content (AvgIpc) is 2.33. The van der Waals surface area contributed by atoms with Gasteiger partial charge in [0.1, 0.15) is 0 Å². The molecule has 1 saturated heterocycles. The van der Waals surface area contributed by atoms with E-state index in [-0.39, 0.29) is 24.3 Å². The Morgan fingerprint density at radius 3 is 2.94 bits per heavy atom. The molecule has 1 rings (SSSR count). The van der Waals surface area contributed by atoms with Crippen molar-refractivity contribution in [3.8, 4) is 0 Å². The summed E-state index contributed by atoms with van der Waals surface area (Å²) >= 11 is 0. The second-order valence-electron chi connectivity index (χ2n) is 4.76. The standard InChI is InChI=1S/C13H23N3O2/c1-4-5-6-8-16-9-7-14-11(13(16)18)10-12(17)15(2)3/h4,11,14H,1,5-10H2,2-3H3. The number of nitrogens with one attached hydrogen (secondary N) is 1. The number of rotatable bonds is 6. The zero-order valence-corrected chi connectivity index (χ0v) is 11.3. The molecule has 102 valence electrons. The van der Waals surface area contributed by atoms with Crippen molar-refractivity contribution in [3.05, 3.63) is 12.7 Å². The minimum Gasteiger partial charge on any atom is -0.349 e. The van der Waals surface area contributed by atoms with Crippen LogP contribution in [-0.4, -0.2) is 61.4 Å². The van der Waals surface area contributed by atoms with E-state index in [9.17, 15) is 9.59 Å². The Morgan fingerprint density at radius 1 is 1.61 bits per heavy atom. The van der Waals surface area contributed by atoms with Crippen molar-refractivity contribution < 1.29 is 9.59 Å². The number of allylic oxidation sites excluding steroid dienone is 1. The minimum atomic E-state index is -0.364. The van der Waals surface area contributed by atoms with Gasteiger partial charge >= 0.3 is 0 Å². The van der Waals surface area contributed by atoms with E-state index < -0.39 is 0 Å². The molecule has 0 spiro atoms. The Hall–Kier alpha value is -1.36. The van der Waals surface area contributed by atoms with Gasteiger partial charge in [-0.25, -0.2) is 0 Å². The Balaban J connectivity index is 2.47. The normalized spacial score (nSPS) is 19.8. The molecule has 0 saturated carbocycles. The molecule has 2 amide bonds. The predicted molar refractivity (Wildman–Crippen MR) is 71.1 cm³/mol. The molecule has 0 radical (unpaired) electrons. The number of piperazine rings is 1. The molecule has 1 fully saturated rings. The topological polar surface area (TPSA) is 52.7 Å². The molecule has 1 heterocycles. The van der Waals surface area contributed by atoms with Crippen molar-refractivity contribution in [2.24, 2.45) is 0 Å². The van der Waals surface area contributed by atoms with Crippen LogP contribution in [0.4, 0.5) is 0 Å². The van der Waals surface area contributed by atoms with Crippen LogP contribution in [0.1, 0.15) is 19.3 Å². The summed E-state index contributed by atoms with van der Waals surface area (Å²) < 4.78 is 0. The van der Waals surface area contributed by atoms with Gasteiger partial charge in [0.25, 0.3) is 0 Å². The highest BCUT2D eigenvalue weighted by Gasteiger charge is 2.29. The molecule has 1 N–H and O–H groups in total. The quantitative estimate of drug-likeness (QED) is 0.544. The summed E-state index contributed by atoms with van der Waals surface area (Å²) in [6.45, 7) is 5.90. The average molecular weight is 253 g/mol. The molecule has 0 aliphatic carbocycles. The van der Waals surface area contributed by atoms with Gasteiger partial charge in [0, 0.05) is 33.7 Å². The number of hydrogen-bond donors (Lipinski definition) is 1. The van der Waals surface area contributed by atoms with Gasteiger partial charge in [0.15, 0.2) is 0 Å². The van der Waals surface area contributed by atoms with Crippen LogP contribution in [0.3, 0.4) is 0 Å². The molecule has 0 aromatic rings. The van der Waals surface area contributed by atoms with Crippen LogP contribution < -0.4 is 5.32 Å². The molecule has 5 nitrogen and oxygen atoms in total. The maximum Gasteiger partial charge on any atom is 0.240 e. The number of unbranched alkanes of at least 4 members (excludes halogenated alkanes) is 1. The van der Waals surface area contributed by atoms with Gasteiger partial charge < -0.3 is 15.1 Å². The van der Waals surface area contributed by atoms with E-state index in [1.54, 1.807) is 14.1 Å². The van der Waals surface area contributed by atoms with Crippen LogP contribution in [-0.2, 0) is 9.59 Å². The summed E-state index contributed by atoms with van der Waals surface area (Å²) in [5, 5.41) is 3.12. The van der Waals surface area contributed by atoms with Gasteiger partial charge in [0.2, 0.25) is 11.8 Å². The Bertz CT molecular complexity index is 315. The fourth-order valence-corrected chi connectivity index (χ4v) is 1.96. The zero-order chi connectivity index (χ0) is 13.5. The molecule has 1 aliphatic heterocycles. The zero-order valence-electron chi connectivity index (χ0n) is 11.3. The monoisotopic (exact) mass is 253 g/mol. The summed E-state index contributed by atoms with van der Waals surface area (Å²) in [4.78, 5) is 27.1. The molecule has 1 unspecified atom stereocenters. The van der Waals surface area contributed by atoms with Crippen molar-refractivity contribution >= 4 is 11.8 Å². The third-order valence-electron chi connectivity index (χ3n) is 3.10. The summed E-state index contributed by atoms with van der Waals surface area (Å²) in [6.07, 6.45) is 3.95. The lowest BCUT2D eigenvalue weighted by molar-refractivity contribution is -0.140. The van der Waals surface area contributed by atoms with Gasteiger partial charge in [-0.05, 0) is 12.8 Å². The first-order valence-electron chi connectivity index (χ1n) is 6.39. The second kappa shape index (κ2) is 7.16. The molecule has 0 bridgehead atoms. The first-order valence-corrected chi connectivity index (χ1v) is 6.39. The van der Waals surface area contributed by atoms with Crippen molar-refractivity contribution in [1.29, 1.82) is 0 Å². The van der Waals surface area contributed by atoms with Crippen molar-refractivity contribution in [3.63, 3.8) is 0 Å². The number of amides is 2.